The van der Waals surface area contributed by atoms with E-state index < -0.39 is 59.1 Å². The molecule has 0 saturated carbocycles. The zero-order valence-electron chi connectivity index (χ0n) is 47.5. The van der Waals surface area contributed by atoms with Gasteiger partial charge in [0.05, 0.1) is 101 Å². The Morgan fingerprint density at radius 2 is 0.427 bits per heavy atom. The van der Waals surface area contributed by atoms with Crippen molar-refractivity contribution in [2.24, 2.45) is 0 Å². The average molecular weight is 1150 g/mol. The molecule has 0 aliphatic heterocycles. The molecule has 4 aromatic carbocycles. The van der Waals surface area contributed by atoms with E-state index in [1.54, 1.807) is 0 Å². The Kier molecular flexibility index (Phi) is 24.3. The summed E-state index contributed by atoms with van der Waals surface area (Å²) in [4.78, 5) is 137. The van der Waals surface area contributed by atoms with Gasteiger partial charge in [0.25, 0.3) is 47.3 Å². The normalized spacial score (nSPS) is 10.3. The Morgan fingerprint density at radius 3 is 0.561 bits per heavy atom. The molecule has 0 unspecified atom stereocenters. The highest BCUT2D eigenvalue weighted by Gasteiger charge is 2.31. The number of nitrogens with zero attached hydrogens (tertiary/aromatic N) is 2. The van der Waals surface area contributed by atoms with Crippen LogP contribution in [0.3, 0.4) is 0 Å². The van der Waals surface area contributed by atoms with Gasteiger partial charge in [-0.25, -0.2) is 0 Å². The molecule has 0 aliphatic carbocycles. The van der Waals surface area contributed by atoms with E-state index in [1.807, 2.05) is 0 Å². The molecule has 0 aromatic heterocycles. The van der Waals surface area contributed by atoms with Crippen LogP contribution in [0.5, 0.6) is 46.0 Å². The van der Waals surface area contributed by atoms with Gasteiger partial charge in [-0.15, -0.1) is 0 Å². The van der Waals surface area contributed by atoms with Gasteiger partial charge in [0.15, 0.2) is 46.0 Å². The number of nitrogens with one attached hydrogen (secondary N) is 8. The number of hydrogen-bond donors (Lipinski definition) is 8. The molecular formula is C54H68N10O18. The van der Waals surface area contributed by atoms with Crippen LogP contribution >= 0.6 is 0 Å². The van der Waals surface area contributed by atoms with E-state index in [1.165, 1.54) is 134 Å². The summed E-state index contributed by atoms with van der Waals surface area (Å²) in [6.45, 7) is -2.65. The fourth-order valence-electron chi connectivity index (χ4n) is 8.34. The fraction of sp³-hybridized carbons (Fsp3) is 0.370. The van der Waals surface area contributed by atoms with Gasteiger partial charge in [-0.1, -0.05) is 0 Å². The fourth-order valence-corrected chi connectivity index (χ4v) is 8.34. The molecule has 8 N–H and O–H groups in total. The van der Waals surface area contributed by atoms with E-state index in [0.717, 1.165) is 9.80 Å². The molecule has 0 atom stereocenters. The maximum atomic E-state index is 14.6. The summed E-state index contributed by atoms with van der Waals surface area (Å²) in [5.41, 5.74) is 0.104. The predicted molar refractivity (Wildman–Crippen MR) is 294 cm³/mol. The molecule has 0 heterocycles. The topological polar surface area (TPSA) is 347 Å². The lowest BCUT2D eigenvalue weighted by molar-refractivity contribution is -0.151. The minimum Gasteiger partial charge on any atom is -0.492 e. The Morgan fingerprint density at radius 1 is 0.280 bits per heavy atom. The Labute approximate surface area is 472 Å². The molecule has 4 aromatic rings. The van der Waals surface area contributed by atoms with Crippen LogP contribution in [-0.2, 0) is 9.59 Å². The van der Waals surface area contributed by atoms with Crippen LogP contribution in [0, 0.1) is 0 Å². The molecule has 82 heavy (non-hydrogen) atoms. The second-order valence-corrected chi connectivity index (χ2v) is 16.8. The van der Waals surface area contributed by atoms with Gasteiger partial charge in [-0.3, -0.25) is 47.9 Å². The standard InChI is InChI=1S/C54H68N10O18/c1-55-45(65)29-13-17-33(41(79-9)37(29)75-5)49(69)59-21-25-63(26-22-60-50(70)34-18-14-30(46(66)56-2)38(76-6)42(34)80-10)53(73)54(74)64(27-23-61-51(71)35-19-15-31(47(67)57-3)39(77-7)43(35)81-11)28-24-62-52(72)36-20-16-32(48(68)58-4)40(78-8)44(36)82-12/h13-20H,21-28H2,1-12H3,(H,55,65)(H,56,66)(H,57,67)(H,58,68)(H,59,69)(H,60,70)(H,61,71)(H,62,72). The van der Waals surface area contributed by atoms with Crippen molar-refractivity contribution in [3.05, 3.63) is 93.0 Å². The second kappa shape index (κ2) is 30.9. The molecule has 0 fully saturated rings. The van der Waals surface area contributed by atoms with Crippen LogP contribution in [0.1, 0.15) is 82.9 Å². The van der Waals surface area contributed by atoms with E-state index in [0.29, 0.717) is 0 Å². The molecule has 0 aliphatic rings. The van der Waals surface area contributed by atoms with Crippen LogP contribution in [0.25, 0.3) is 0 Å². The number of carbonyl (C=O) groups excluding carboxylic acids is 10. The van der Waals surface area contributed by atoms with Crippen LogP contribution in [0.15, 0.2) is 48.5 Å². The summed E-state index contributed by atoms with van der Waals surface area (Å²) in [6.07, 6.45) is 0. The Bertz CT molecular complexity index is 2670. The minimum absolute atomic E-state index is 0.0341. The predicted octanol–water partition coefficient (Wildman–Crippen LogP) is -0.129. The van der Waals surface area contributed by atoms with Gasteiger partial charge in [0.1, 0.15) is 0 Å². The summed E-state index contributed by atoms with van der Waals surface area (Å²) in [7, 11) is 15.9. The van der Waals surface area contributed by atoms with E-state index in [4.69, 9.17) is 37.9 Å². The smallest absolute Gasteiger partial charge is 0.312 e. The first-order chi connectivity index (χ1) is 39.4. The first kappa shape index (κ1) is 64.5. The molecule has 28 heteroatoms. The van der Waals surface area contributed by atoms with Gasteiger partial charge in [0, 0.05) is 80.5 Å². The molecule has 0 radical (unpaired) electrons. The molecule has 0 saturated heterocycles. The number of rotatable bonds is 28. The number of benzene rings is 4. The maximum Gasteiger partial charge on any atom is 0.312 e. The SMILES string of the molecule is CNC(=O)c1ccc(C(=O)NCCN(CCNC(=O)c2ccc(C(=O)NC)c(OC)c2OC)C(=O)C(=O)N(CCNC(=O)c2ccc(C(=O)NC)c(OC)c2OC)CCNC(=O)c2ccc(C(=O)NC)c(OC)c2OC)c(OC)c1OC. The van der Waals surface area contributed by atoms with Crippen molar-refractivity contribution in [2.75, 3.05) is 137 Å². The van der Waals surface area contributed by atoms with Gasteiger partial charge < -0.3 is 90.2 Å². The first-order valence-electron chi connectivity index (χ1n) is 25.0. The summed E-state index contributed by atoms with van der Waals surface area (Å²) in [5, 5.41) is 20.6. The molecule has 442 valence electrons. The highest BCUT2D eigenvalue weighted by Crippen LogP contribution is 2.38. The van der Waals surface area contributed by atoms with Gasteiger partial charge >= 0.3 is 11.8 Å². The summed E-state index contributed by atoms with van der Waals surface area (Å²) in [5.74, 6) is -7.73. The quantitative estimate of drug-likeness (QED) is 0.0344. The maximum absolute atomic E-state index is 14.6. The third-order valence-electron chi connectivity index (χ3n) is 12.4. The highest BCUT2D eigenvalue weighted by atomic mass is 16.5. The zero-order valence-corrected chi connectivity index (χ0v) is 47.5. The Balaban J connectivity index is 1.71. The molecule has 4 rings (SSSR count). The number of methoxy groups -OCH3 is 8. The average Bonchev–Trinajstić information content (AvgIpc) is 3.68. The van der Waals surface area contributed by atoms with Crippen molar-refractivity contribution in [1.29, 1.82) is 0 Å². The van der Waals surface area contributed by atoms with Crippen molar-refractivity contribution in [3.8, 4) is 46.0 Å². The zero-order chi connectivity index (χ0) is 60.8. The lowest BCUT2D eigenvalue weighted by Crippen LogP contribution is -2.52. The van der Waals surface area contributed by atoms with Crippen LogP contribution in [0.2, 0.25) is 0 Å². The molecule has 28 nitrogen and oxygen atoms in total. The first-order valence-corrected chi connectivity index (χ1v) is 25.0. The second-order valence-electron chi connectivity index (χ2n) is 16.8. The van der Waals surface area contributed by atoms with E-state index in [-0.39, 0.29) is 143 Å². The number of amides is 10. The van der Waals surface area contributed by atoms with E-state index in [2.05, 4.69) is 42.5 Å². The number of ether oxygens (including phenoxy) is 8. The monoisotopic (exact) mass is 1140 g/mol. The van der Waals surface area contributed by atoms with Crippen LogP contribution in [-0.4, -0.2) is 206 Å². The number of carbonyl (C=O) groups is 10. The van der Waals surface area contributed by atoms with Crippen molar-refractivity contribution >= 4 is 59.1 Å². The summed E-state index contributed by atoms with van der Waals surface area (Å²) >= 11 is 0. The van der Waals surface area contributed by atoms with Crippen LogP contribution in [0.4, 0.5) is 0 Å². The third kappa shape index (κ3) is 14.8. The molecule has 0 spiro atoms. The van der Waals surface area contributed by atoms with Gasteiger partial charge in [0.2, 0.25) is 0 Å². The summed E-state index contributed by atoms with van der Waals surface area (Å²) in [6, 6.07) is 10.8. The van der Waals surface area contributed by atoms with Crippen molar-refractivity contribution in [1.82, 2.24) is 52.3 Å². The number of hydrogen-bond acceptors (Lipinski definition) is 18. The van der Waals surface area contributed by atoms with Crippen molar-refractivity contribution in [2.45, 2.75) is 0 Å². The lowest BCUT2D eigenvalue weighted by Gasteiger charge is -2.28. The lowest BCUT2D eigenvalue weighted by atomic mass is 10.1. The molecule has 10 amide bonds. The Hall–Kier alpha value is -10.0. The summed E-state index contributed by atoms with van der Waals surface area (Å²) < 4.78 is 43.6. The minimum atomic E-state index is -1.16. The molecule has 0 bridgehead atoms. The van der Waals surface area contributed by atoms with Gasteiger partial charge in [-0.2, -0.15) is 0 Å². The van der Waals surface area contributed by atoms with E-state index >= 15 is 0 Å². The van der Waals surface area contributed by atoms with E-state index in [9.17, 15) is 47.9 Å². The highest BCUT2D eigenvalue weighted by molar-refractivity contribution is 6.35. The molecular weight excluding hydrogens is 1080 g/mol. The largest absolute Gasteiger partial charge is 0.492 e. The van der Waals surface area contributed by atoms with Gasteiger partial charge in [-0.05, 0) is 48.5 Å². The van der Waals surface area contributed by atoms with Crippen LogP contribution < -0.4 is 80.4 Å². The third-order valence-corrected chi connectivity index (χ3v) is 12.4. The van der Waals surface area contributed by atoms with Crippen molar-refractivity contribution < 1.29 is 85.8 Å². The van der Waals surface area contributed by atoms with Crippen molar-refractivity contribution in [3.63, 3.8) is 0 Å².